The molecule has 1 atom stereocenters. The summed E-state index contributed by atoms with van der Waals surface area (Å²) in [4.78, 5) is 10.8. The molecule has 122 valence electrons. The van der Waals surface area contributed by atoms with Gasteiger partial charge in [0.1, 0.15) is 0 Å². The highest BCUT2D eigenvalue weighted by Crippen LogP contribution is 2.27. The molecule has 0 aliphatic carbocycles. The van der Waals surface area contributed by atoms with Gasteiger partial charge in [-0.25, -0.2) is 4.79 Å². The Morgan fingerprint density at radius 3 is 2.62 bits per heavy atom. The van der Waals surface area contributed by atoms with E-state index < -0.39 is 5.79 Å². The summed E-state index contributed by atoms with van der Waals surface area (Å²) in [5, 5.41) is 0. The summed E-state index contributed by atoms with van der Waals surface area (Å²) in [7, 11) is 0. The van der Waals surface area contributed by atoms with Gasteiger partial charge in [-0.05, 0) is 19.8 Å². The van der Waals surface area contributed by atoms with Gasteiger partial charge in [-0.2, -0.15) is 0 Å². The zero-order valence-electron chi connectivity index (χ0n) is 13.4. The third-order valence-corrected chi connectivity index (χ3v) is 3.66. The summed E-state index contributed by atoms with van der Waals surface area (Å²) in [5.41, 5.74) is 0. The first-order chi connectivity index (χ1) is 9.98. The predicted molar refractivity (Wildman–Crippen MR) is 79.8 cm³/mol. The highest BCUT2D eigenvalue weighted by molar-refractivity contribution is 5.81. The van der Waals surface area contributed by atoms with Gasteiger partial charge < -0.3 is 18.9 Å². The van der Waals surface area contributed by atoms with Crippen molar-refractivity contribution in [2.45, 2.75) is 39.4 Å². The van der Waals surface area contributed by atoms with Gasteiger partial charge in [0.05, 0.1) is 19.8 Å². The summed E-state index contributed by atoms with van der Waals surface area (Å²) in [6.07, 6.45) is 2.89. The fourth-order valence-corrected chi connectivity index (χ4v) is 2.19. The molecule has 0 amide bonds. The summed E-state index contributed by atoms with van der Waals surface area (Å²) < 4.78 is 22.0. The molecular weight excluding hydrogens is 272 g/mol. The van der Waals surface area contributed by atoms with Gasteiger partial charge in [0, 0.05) is 31.6 Å². The summed E-state index contributed by atoms with van der Waals surface area (Å²) in [6, 6.07) is 0. The minimum Gasteiger partial charge on any atom is -0.462 e. The molecule has 1 heterocycles. The molecule has 0 spiro atoms. The molecule has 1 aliphatic heterocycles. The molecule has 0 aromatic rings. The Kier molecular flexibility index (Phi) is 7.93. The van der Waals surface area contributed by atoms with Crippen LogP contribution in [0, 0.1) is 11.8 Å². The van der Waals surface area contributed by atoms with Crippen LogP contribution in [0.15, 0.2) is 12.7 Å². The molecule has 1 fully saturated rings. The van der Waals surface area contributed by atoms with E-state index in [0.717, 1.165) is 6.42 Å². The van der Waals surface area contributed by atoms with E-state index in [4.69, 9.17) is 18.9 Å². The van der Waals surface area contributed by atoms with Crippen molar-refractivity contribution in [3.63, 3.8) is 0 Å². The van der Waals surface area contributed by atoms with Crippen molar-refractivity contribution < 1.29 is 23.7 Å². The lowest BCUT2D eigenvalue weighted by molar-refractivity contribution is -0.269. The summed E-state index contributed by atoms with van der Waals surface area (Å²) in [6.45, 7) is 12.4. The van der Waals surface area contributed by atoms with Gasteiger partial charge in [-0.1, -0.05) is 19.9 Å². The Balaban J connectivity index is 2.14. The molecule has 0 aromatic heterocycles. The van der Waals surface area contributed by atoms with E-state index in [0.29, 0.717) is 51.3 Å². The van der Waals surface area contributed by atoms with E-state index in [1.165, 1.54) is 6.08 Å². The zero-order valence-corrected chi connectivity index (χ0v) is 13.4. The normalized spacial score (nSPS) is 20.0. The molecule has 0 saturated carbocycles. The lowest BCUT2D eigenvalue weighted by Crippen LogP contribution is -2.42. The molecule has 1 unspecified atom stereocenters. The summed E-state index contributed by atoms with van der Waals surface area (Å²) in [5.74, 6) is -0.0518. The number of carbonyl (C=O) groups is 1. The van der Waals surface area contributed by atoms with Crippen molar-refractivity contribution in [3.8, 4) is 0 Å². The van der Waals surface area contributed by atoms with Crippen molar-refractivity contribution in [2.24, 2.45) is 11.8 Å². The fourth-order valence-electron chi connectivity index (χ4n) is 2.19. The molecule has 0 radical (unpaired) electrons. The number of carbonyl (C=O) groups excluding carboxylic acids is 1. The van der Waals surface area contributed by atoms with Crippen LogP contribution in [-0.2, 0) is 23.7 Å². The van der Waals surface area contributed by atoms with Crippen LogP contribution in [-0.4, -0.2) is 44.8 Å². The van der Waals surface area contributed by atoms with E-state index in [1.807, 2.05) is 13.8 Å². The van der Waals surface area contributed by atoms with Crippen LogP contribution in [0.4, 0.5) is 0 Å². The van der Waals surface area contributed by atoms with Crippen LogP contribution >= 0.6 is 0 Å². The molecule has 0 N–H and O–H groups in total. The standard InChI is InChI=1S/C16H28O5/c1-5-13(14-11-20-16(3,4)21-12-14)10-18-8-7-9-19-15(17)6-2/h6,13-14H,2,5,7-12H2,1,3-4H3. The van der Waals surface area contributed by atoms with Crippen LogP contribution in [0.2, 0.25) is 0 Å². The lowest BCUT2D eigenvalue weighted by Gasteiger charge is -2.38. The van der Waals surface area contributed by atoms with Gasteiger partial charge in [0.25, 0.3) is 0 Å². The van der Waals surface area contributed by atoms with Crippen molar-refractivity contribution in [3.05, 3.63) is 12.7 Å². The van der Waals surface area contributed by atoms with Gasteiger partial charge in [-0.3, -0.25) is 0 Å². The molecule has 0 aromatic carbocycles. The molecule has 1 aliphatic rings. The fraction of sp³-hybridized carbons (Fsp3) is 0.812. The van der Waals surface area contributed by atoms with Crippen LogP contribution in [0.25, 0.3) is 0 Å². The maximum atomic E-state index is 10.8. The highest BCUT2D eigenvalue weighted by atomic mass is 16.7. The average molecular weight is 300 g/mol. The maximum Gasteiger partial charge on any atom is 0.330 e. The first-order valence-corrected chi connectivity index (χ1v) is 7.63. The first-order valence-electron chi connectivity index (χ1n) is 7.63. The Morgan fingerprint density at radius 1 is 1.38 bits per heavy atom. The van der Waals surface area contributed by atoms with Crippen molar-refractivity contribution in [1.29, 1.82) is 0 Å². The van der Waals surface area contributed by atoms with Gasteiger partial charge in [-0.15, -0.1) is 0 Å². The molecular formula is C16H28O5. The van der Waals surface area contributed by atoms with E-state index in [9.17, 15) is 4.79 Å². The van der Waals surface area contributed by atoms with Gasteiger partial charge >= 0.3 is 5.97 Å². The molecule has 5 heteroatoms. The van der Waals surface area contributed by atoms with E-state index in [2.05, 4.69) is 13.5 Å². The number of hydrogen-bond donors (Lipinski definition) is 0. The quantitative estimate of drug-likeness (QED) is 0.372. The lowest BCUT2D eigenvalue weighted by atomic mass is 9.91. The van der Waals surface area contributed by atoms with Gasteiger partial charge in [0.2, 0.25) is 0 Å². The van der Waals surface area contributed by atoms with E-state index in [1.54, 1.807) is 0 Å². The Morgan fingerprint density at radius 2 is 2.05 bits per heavy atom. The predicted octanol–water partition coefficient (Wildman–Crippen LogP) is 2.55. The Hall–Kier alpha value is -0.910. The van der Waals surface area contributed by atoms with Crippen LogP contribution < -0.4 is 0 Å². The highest BCUT2D eigenvalue weighted by Gasteiger charge is 2.32. The third kappa shape index (κ3) is 7.07. The third-order valence-electron chi connectivity index (χ3n) is 3.66. The molecule has 0 bridgehead atoms. The number of esters is 1. The zero-order chi connectivity index (χ0) is 15.7. The monoisotopic (exact) mass is 300 g/mol. The largest absolute Gasteiger partial charge is 0.462 e. The Labute approximate surface area is 127 Å². The number of hydrogen-bond acceptors (Lipinski definition) is 5. The number of ether oxygens (including phenoxy) is 4. The van der Waals surface area contributed by atoms with E-state index in [-0.39, 0.29) is 5.97 Å². The molecule has 1 saturated heterocycles. The second-order valence-corrected chi connectivity index (χ2v) is 5.75. The Bertz CT molecular complexity index is 317. The maximum absolute atomic E-state index is 10.8. The second kappa shape index (κ2) is 9.18. The SMILES string of the molecule is C=CC(=O)OCCCOCC(CC)C1COC(C)(C)OC1. The molecule has 21 heavy (non-hydrogen) atoms. The van der Waals surface area contributed by atoms with Gasteiger partial charge in [0.15, 0.2) is 5.79 Å². The minimum absolute atomic E-state index is 0.367. The molecule has 5 nitrogen and oxygen atoms in total. The minimum atomic E-state index is -0.468. The molecule has 1 rings (SSSR count). The van der Waals surface area contributed by atoms with Crippen molar-refractivity contribution >= 4 is 5.97 Å². The summed E-state index contributed by atoms with van der Waals surface area (Å²) >= 11 is 0. The van der Waals surface area contributed by atoms with Crippen LogP contribution in [0.5, 0.6) is 0 Å². The van der Waals surface area contributed by atoms with Crippen LogP contribution in [0.3, 0.4) is 0 Å². The van der Waals surface area contributed by atoms with Crippen molar-refractivity contribution in [2.75, 3.05) is 33.0 Å². The average Bonchev–Trinajstić information content (AvgIpc) is 2.47. The second-order valence-electron chi connectivity index (χ2n) is 5.75. The number of rotatable bonds is 9. The topological polar surface area (TPSA) is 54.0 Å². The van der Waals surface area contributed by atoms with E-state index >= 15 is 0 Å². The first kappa shape index (κ1) is 18.1. The van der Waals surface area contributed by atoms with Crippen LogP contribution in [0.1, 0.15) is 33.6 Å². The smallest absolute Gasteiger partial charge is 0.330 e. The van der Waals surface area contributed by atoms with Crippen molar-refractivity contribution in [1.82, 2.24) is 0 Å².